The maximum absolute atomic E-state index is 6.19. The van der Waals surface area contributed by atoms with Crippen molar-refractivity contribution in [2.75, 3.05) is 11.5 Å². The summed E-state index contributed by atoms with van der Waals surface area (Å²) in [5, 5.41) is 1.51. The predicted molar refractivity (Wildman–Crippen MR) is 81.0 cm³/mol. The van der Waals surface area contributed by atoms with Crippen LogP contribution in [0.2, 0.25) is 5.02 Å². The van der Waals surface area contributed by atoms with E-state index in [0.717, 1.165) is 22.2 Å². The summed E-state index contributed by atoms with van der Waals surface area (Å²) in [6.07, 6.45) is 0. The minimum absolute atomic E-state index is 0.646. The van der Waals surface area contributed by atoms with Gasteiger partial charge in [0.15, 0.2) is 0 Å². The van der Waals surface area contributed by atoms with Gasteiger partial charge in [0.25, 0.3) is 0 Å². The van der Waals surface area contributed by atoms with Gasteiger partial charge >= 0.3 is 0 Å². The number of hydrogen-bond donors (Lipinski definition) is 2. The van der Waals surface area contributed by atoms with Crippen LogP contribution < -0.4 is 11.5 Å². The van der Waals surface area contributed by atoms with Crippen molar-refractivity contribution in [3.05, 3.63) is 53.6 Å². The number of nitrogens with zero attached hydrogens (tertiary/aromatic N) is 1. The Morgan fingerprint density at radius 2 is 1.74 bits per heavy atom. The first kappa shape index (κ1) is 11.8. The van der Waals surface area contributed by atoms with E-state index in [4.69, 9.17) is 23.1 Å². The number of rotatable bonds is 1. The fourth-order valence-electron chi connectivity index (χ4n) is 2.08. The summed E-state index contributed by atoms with van der Waals surface area (Å²) in [7, 11) is 0. The SMILES string of the molecule is Nc1ccc2nc(-c3ccccc3Cl)cc(N)c2c1. The third-order valence-corrected chi connectivity index (χ3v) is 3.34. The summed E-state index contributed by atoms with van der Waals surface area (Å²) in [5.41, 5.74) is 15.6. The summed E-state index contributed by atoms with van der Waals surface area (Å²) in [6, 6.07) is 14.9. The summed E-state index contributed by atoms with van der Waals surface area (Å²) in [5.74, 6) is 0. The first-order valence-electron chi connectivity index (χ1n) is 5.86. The molecule has 2 aromatic carbocycles. The van der Waals surface area contributed by atoms with Gasteiger partial charge in [-0.25, -0.2) is 4.98 Å². The van der Waals surface area contributed by atoms with Crippen molar-refractivity contribution >= 4 is 33.9 Å². The highest BCUT2D eigenvalue weighted by atomic mass is 35.5. The van der Waals surface area contributed by atoms with Gasteiger partial charge in [-0.05, 0) is 30.3 Å². The van der Waals surface area contributed by atoms with Crippen LogP contribution in [0.1, 0.15) is 0 Å². The zero-order valence-electron chi connectivity index (χ0n) is 10.1. The number of anilines is 2. The zero-order valence-corrected chi connectivity index (χ0v) is 10.9. The van der Waals surface area contributed by atoms with Crippen LogP contribution in [-0.4, -0.2) is 4.98 Å². The lowest BCUT2D eigenvalue weighted by Gasteiger charge is -2.08. The molecule has 0 aliphatic carbocycles. The van der Waals surface area contributed by atoms with Crippen LogP contribution in [0.15, 0.2) is 48.5 Å². The third-order valence-electron chi connectivity index (χ3n) is 3.01. The molecule has 0 spiro atoms. The van der Waals surface area contributed by atoms with Crippen LogP contribution >= 0.6 is 11.6 Å². The highest BCUT2D eigenvalue weighted by Crippen LogP contribution is 2.31. The first-order chi connectivity index (χ1) is 9.15. The van der Waals surface area contributed by atoms with Gasteiger partial charge in [-0.3, -0.25) is 0 Å². The lowest BCUT2D eigenvalue weighted by molar-refractivity contribution is 1.40. The summed E-state index contributed by atoms with van der Waals surface area (Å²) < 4.78 is 0. The Morgan fingerprint density at radius 1 is 0.947 bits per heavy atom. The molecule has 0 unspecified atom stereocenters. The monoisotopic (exact) mass is 269 g/mol. The van der Waals surface area contributed by atoms with E-state index >= 15 is 0 Å². The van der Waals surface area contributed by atoms with E-state index in [1.165, 1.54) is 0 Å². The number of aromatic nitrogens is 1. The van der Waals surface area contributed by atoms with Crippen LogP contribution in [0.4, 0.5) is 11.4 Å². The average Bonchev–Trinajstić information content (AvgIpc) is 2.40. The van der Waals surface area contributed by atoms with Crippen molar-refractivity contribution in [3.63, 3.8) is 0 Å². The summed E-state index contributed by atoms with van der Waals surface area (Å²) >= 11 is 6.19. The number of benzene rings is 2. The molecule has 0 bridgehead atoms. The molecule has 3 nitrogen and oxygen atoms in total. The van der Waals surface area contributed by atoms with Crippen LogP contribution in [0, 0.1) is 0 Å². The molecule has 0 saturated carbocycles. The Bertz CT molecular complexity index is 768. The van der Waals surface area contributed by atoms with E-state index in [0.29, 0.717) is 16.4 Å². The second-order valence-electron chi connectivity index (χ2n) is 4.35. The van der Waals surface area contributed by atoms with Gasteiger partial charge in [0.2, 0.25) is 0 Å². The molecule has 19 heavy (non-hydrogen) atoms. The second kappa shape index (κ2) is 4.44. The Balaban J connectivity index is 2.27. The van der Waals surface area contributed by atoms with Crippen LogP contribution in [0.25, 0.3) is 22.2 Å². The highest BCUT2D eigenvalue weighted by molar-refractivity contribution is 6.33. The van der Waals surface area contributed by atoms with Crippen molar-refractivity contribution < 1.29 is 0 Å². The molecular formula is C15H12ClN3. The number of halogens is 1. The van der Waals surface area contributed by atoms with Crippen LogP contribution in [-0.2, 0) is 0 Å². The Kier molecular flexibility index (Phi) is 2.76. The maximum atomic E-state index is 6.19. The molecule has 0 radical (unpaired) electrons. The Morgan fingerprint density at radius 3 is 2.53 bits per heavy atom. The van der Waals surface area contributed by atoms with Gasteiger partial charge in [-0.1, -0.05) is 29.8 Å². The van der Waals surface area contributed by atoms with E-state index in [-0.39, 0.29) is 0 Å². The number of fused-ring (bicyclic) bond motifs is 1. The molecule has 0 fully saturated rings. The molecule has 94 valence electrons. The van der Waals surface area contributed by atoms with Gasteiger partial charge in [-0.2, -0.15) is 0 Å². The van der Waals surface area contributed by atoms with Crippen molar-refractivity contribution in [1.29, 1.82) is 0 Å². The summed E-state index contributed by atoms with van der Waals surface area (Å²) in [4.78, 5) is 4.59. The number of nitrogens with two attached hydrogens (primary N) is 2. The molecule has 0 amide bonds. The molecule has 3 aromatic rings. The van der Waals surface area contributed by atoms with Crippen LogP contribution in [0.5, 0.6) is 0 Å². The van der Waals surface area contributed by atoms with E-state index in [1.54, 1.807) is 0 Å². The smallest absolute Gasteiger partial charge is 0.0745 e. The molecule has 0 aliphatic heterocycles. The fraction of sp³-hybridized carbons (Fsp3) is 0. The van der Waals surface area contributed by atoms with Crippen molar-refractivity contribution in [2.24, 2.45) is 0 Å². The molecule has 1 aromatic heterocycles. The van der Waals surface area contributed by atoms with Crippen molar-refractivity contribution in [2.45, 2.75) is 0 Å². The topological polar surface area (TPSA) is 64.9 Å². The average molecular weight is 270 g/mol. The normalized spacial score (nSPS) is 10.8. The third kappa shape index (κ3) is 2.09. The summed E-state index contributed by atoms with van der Waals surface area (Å²) in [6.45, 7) is 0. The van der Waals surface area contributed by atoms with Gasteiger partial charge < -0.3 is 11.5 Å². The van der Waals surface area contributed by atoms with Gasteiger partial charge in [0.1, 0.15) is 0 Å². The second-order valence-corrected chi connectivity index (χ2v) is 4.76. The Labute approximate surface area is 115 Å². The maximum Gasteiger partial charge on any atom is 0.0745 e. The van der Waals surface area contributed by atoms with Crippen LogP contribution in [0.3, 0.4) is 0 Å². The van der Waals surface area contributed by atoms with Gasteiger partial charge in [0.05, 0.1) is 11.2 Å². The van der Waals surface area contributed by atoms with Gasteiger partial charge in [-0.15, -0.1) is 0 Å². The fourth-order valence-corrected chi connectivity index (χ4v) is 2.31. The van der Waals surface area contributed by atoms with Crippen molar-refractivity contribution in [3.8, 4) is 11.3 Å². The predicted octanol–water partition coefficient (Wildman–Crippen LogP) is 3.72. The lowest BCUT2D eigenvalue weighted by atomic mass is 10.1. The molecule has 0 atom stereocenters. The highest BCUT2D eigenvalue weighted by Gasteiger charge is 2.08. The molecule has 0 saturated heterocycles. The van der Waals surface area contributed by atoms with Crippen molar-refractivity contribution in [1.82, 2.24) is 4.98 Å². The molecule has 3 rings (SSSR count). The molecular weight excluding hydrogens is 258 g/mol. The Hall–Kier alpha value is -2.26. The van der Waals surface area contributed by atoms with E-state index in [2.05, 4.69) is 4.98 Å². The molecule has 4 heteroatoms. The van der Waals surface area contributed by atoms with E-state index in [9.17, 15) is 0 Å². The number of hydrogen-bond acceptors (Lipinski definition) is 3. The zero-order chi connectivity index (χ0) is 13.4. The molecule has 1 heterocycles. The molecule has 4 N–H and O–H groups in total. The largest absolute Gasteiger partial charge is 0.399 e. The lowest BCUT2D eigenvalue weighted by Crippen LogP contribution is -1.94. The standard InChI is InChI=1S/C15H12ClN3/c16-12-4-2-1-3-10(12)15-8-13(18)11-7-9(17)5-6-14(11)19-15/h1-8H,17H2,(H2,18,19). The molecule has 0 aliphatic rings. The minimum Gasteiger partial charge on any atom is -0.399 e. The van der Waals surface area contributed by atoms with E-state index < -0.39 is 0 Å². The first-order valence-corrected chi connectivity index (χ1v) is 6.23. The quantitative estimate of drug-likeness (QED) is 0.662. The van der Waals surface area contributed by atoms with Gasteiger partial charge in [0, 0.05) is 27.3 Å². The van der Waals surface area contributed by atoms with E-state index in [1.807, 2.05) is 48.5 Å². The number of pyridine rings is 1. The minimum atomic E-state index is 0.646. The number of nitrogen functional groups attached to an aromatic ring is 2.